The first-order chi connectivity index (χ1) is 6.27. The van der Waals surface area contributed by atoms with E-state index in [1.165, 1.54) is 12.8 Å². The van der Waals surface area contributed by atoms with Gasteiger partial charge in [0.05, 0.1) is 0 Å². The minimum absolute atomic E-state index is 0.302. The van der Waals surface area contributed by atoms with Crippen LogP contribution in [0.4, 0.5) is 0 Å². The Morgan fingerprint density at radius 3 is 1.62 bits per heavy atom. The summed E-state index contributed by atoms with van der Waals surface area (Å²) in [5.41, 5.74) is 0. The second-order valence-electron chi connectivity index (χ2n) is 3.47. The van der Waals surface area contributed by atoms with Gasteiger partial charge >= 0.3 is 0 Å². The Morgan fingerprint density at radius 1 is 0.692 bits per heavy atom. The van der Waals surface area contributed by atoms with Crippen LogP contribution in [-0.4, -0.2) is 28.2 Å². The summed E-state index contributed by atoms with van der Waals surface area (Å²) < 4.78 is 0. The molecule has 0 heterocycles. The zero-order valence-electron chi connectivity index (χ0n) is 8.28. The maximum Gasteiger partial charge on any atom is 0.151 e. The average Bonchev–Trinajstić information content (AvgIpc) is 2.09. The zero-order valence-corrected chi connectivity index (χ0v) is 8.28. The molecule has 0 aliphatic carbocycles. The average molecular weight is 190 g/mol. The van der Waals surface area contributed by atoms with Crippen LogP contribution in [0.2, 0.25) is 0 Å². The van der Waals surface area contributed by atoms with E-state index in [1.54, 1.807) is 0 Å². The van der Waals surface area contributed by atoms with Gasteiger partial charge in [-0.25, -0.2) is 0 Å². The lowest BCUT2D eigenvalue weighted by molar-refractivity contribution is -0.0466. The van der Waals surface area contributed by atoms with Crippen molar-refractivity contribution in [3.8, 4) is 0 Å². The summed E-state index contributed by atoms with van der Waals surface area (Å²) in [4.78, 5) is 0. The molecule has 0 spiro atoms. The number of rotatable bonds is 9. The highest BCUT2D eigenvalue weighted by molar-refractivity contribution is 4.47. The first-order valence-electron chi connectivity index (χ1n) is 5.24. The number of hydrogen-bond donors (Lipinski definition) is 3. The smallest absolute Gasteiger partial charge is 0.151 e. The standard InChI is InChI=1S/C10H22O3/c11-9-7-5-3-1-2-4-6-8-10(12)13/h10-13H,1-9H2. The van der Waals surface area contributed by atoms with Crippen molar-refractivity contribution in [2.75, 3.05) is 6.61 Å². The summed E-state index contributed by atoms with van der Waals surface area (Å²) >= 11 is 0. The van der Waals surface area contributed by atoms with E-state index in [4.69, 9.17) is 15.3 Å². The van der Waals surface area contributed by atoms with E-state index in [9.17, 15) is 0 Å². The molecule has 0 rings (SSSR count). The van der Waals surface area contributed by atoms with Gasteiger partial charge < -0.3 is 15.3 Å². The summed E-state index contributed by atoms with van der Waals surface area (Å²) in [6, 6.07) is 0. The first kappa shape index (κ1) is 12.9. The van der Waals surface area contributed by atoms with E-state index < -0.39 is 6.29 Å². The normalized spacial score (nSPS) is 11.1. The summed E-state index contributed by atoms with van der Waals surface area (Å²) in [7, 11) is 0. The minimum atomic E-state index is -1.13. The summed E-state index contributed by atoms with van der Waals surface area (Å²) in [5, 5.41) is 25.6. The molecule has 0 aromatic rings. The van der Waals surface area contributed by atoms with Gasteiger partial charge in [0.25, 0.3) is 0 Å². The van der Waals surface area contributed by atoms with E-state index >= 15 is 0 Å². The zero-order chi connectivity index (χ0) is 9.94. The summed E-state index contributed by atoms with van der Waals surface area (Å²) in [6.45, 7) is 0.302. The highest BCUT2D eigenvalue weighted by Crippen LogP contribution is 2.08. The highest BCUT2D eigenvalue weighted by atomic mass is 16.5. The van der Waals surface area contributed by atoms with E-state index in [0.29, 0.717) is 13.0 Å². The molecular formula is C10H22O3. The van der Waals surface area contributed by atoms with Crippen molar-refractivity contribution in [3.05, 3.63) is 0 Å². The monoisotopic (exact) mass is 190 g/mol. The van der Waals surface area contributed by atoms with Crippen molar-refractivity contribution in [1.82, 2.24) is 0 Å². The quantitative estimate of drug-likeness (QED) is 0.380. The molecular weight excluding hydrogens is 168 g/mol. The second-order valence-corrected chi connectivity index (χ2v) is 3.47. The Morgan fingerprint density at radius 2 is 1.15 bits per heavy atom. The highest BCUT2D eigenvalue weighted by Gasteiger charge is 1.96. The molecule has 3 nitrogen and oxygen atoms in total. The SMILES string of the molecule is OCCCCCCCCCC(O)O. The fourth-order valence-corrected chi connectivity index (χ4v) is 1.32. The Kier molecular flexibility index (Phi) is 9.87. The molecule has 0 unspecified atom stereocenters. The molecule has 13 heavy (non-hydrogen) atoms. The molecule has 0 aromatic heterocycles. The largest absolute Gasteiger partial charge is 0.396 e. The van der Waals surface area contributed by atoms with Crippen molar-refractivity contribution in [1.29, 1.82) is 0 Å². The molecule has 3 N–H and O–H groups in total. The third kappa shape index (κ3) is 11.9. The molecule has 0 saturated heterocycles. The third-order valence-corrected chi connectivity index (χ3v) is 2.12. The van der Waals surface area contributed by atoms with E-state index in [2.05, 4.69) is 0 Å². The fourth-order valence-electron chi connectivity index (χ4n) is 1.32. The summed E-state index contributed by atoms with van der Waals surface area (Å²) in [6.07, 6.45) is 6.91. The van der Waals surface area contributed by atoms with Crippen LogP contribution in [0.15, 0.2) is 0 Å². The number of hydrogen-bond acceptors (Lipinski definition) is 3. The summed E-state index contributed by atoms with van der Waals surface area (Å²) in [5.74, 6) is 0. The Balaban J connectivity index is 2.84. The van der Waals surface area contributed by atoms with Crippen molar-refractivity contribution in [2.45, 2.75) is 57.7 Å². The molecule has 0 saturated carbocycles. The fraction of sp³-hybridized carbons (Fsp3) is 1.00. The molecule has 0 radical (unpaired) electrons. The van der Waals surface area contributed by atoms with Gasteiger partial charge in [-0.05, 0) is 19.3 Å². The molecule has 80 valence electrons. The van der Waals surface area contributed by atoms with E-state index in [1.807, 2.05) is 0 Å². The van der Waals surface area contributed by atoms with Crippen molar-refractivity contribution in [2.24, 2.45) is 0 Å². The molecule has 0 fully saturated rings. The van der Waals surface area contributed by atoms with Crippen LogP contribution in [0, 0.1) is 0 Å². The molecule has 0 amide bonds. The van der Waals surface area contributed by atoms with Crippen LogP contribution in [0.1, 0.15) is 51.4 Å². The Hall–Kier alpha value is -0.120. The van der Waals surface area contributed by atoms with Crippen LogP contribution < -0.4 is 0 Å². The van der Waals surface area contributed by atoms with Crippen molar-refractivity contribution < 1.29 is 15.3 Å². The van der Waals surface area contributed by atoms with Gasteiger partial charge in [-0.1, -0.05) is 32.1 Å². The van der Waals surface area contributed by atoms with Gasteiger partial charge in [0.15, 0.2) is 6.29 Å². The van der Waals surface area contributed by atoms with Crippen LogP contribution in [0.5, 0.6) is 0 Å². The number of aliphatic hydroxyl groups excluding tert-OH is 2. The molecule has 0 bridgehead atoms. The Bertz CT molecular complexity index is 94.2. The first-order valence-corrected chi connectivity index (χ1v) is 5.24. The van der Waals surface area contributed by atoms with Crippen LogP contribution >= 0.6 is 0 Å². The third-order valence-electron chi connectivity index (χ3n) is 2.12. The molecule has 0 atom stereocenters. The maximum atomic E-state index is 8.55. The molecule has 0 aliphatic rings. The Labute approximate surface area is 80.4 Å². The lowest BCUT2D eigenvalue weighted by atomic mass is 10.1. The van der Waals surface area contributed by atoms with Gasteiger partial charge in [0.1, 0.15) is 0 Å². The number of unbranched alkanes of at least 4 members (excludes halogenated alkanes) is 6. The van der Waals surface area contributed by atoms with Crippen LogP contribution in [0.3, 0.4) is 0 Å². The molecule has 3 heteroatoms. The van der Waals surface area contributed by atoms with E-state index in [-0.39, 0.29) is 0 Å². The van der Waals surface area contributed by atoms with Crippen LogP contribution in [0.25, 0.3) is 0 Å². The molecule has 0 aliphatic heterocycles. The van der Waals surface area contributed by atoms with Gasteiger partial charge in [-0.15, -0.1) is 0 Å². The second kappa shape index (κ2) is 9.96. The van der Waals surface area contributed by atoms with Gasteiger partial charge in [-0.3, -0.25) is 0 Å². The number of aliphatic hydroxyl groups is 3. The molecule has 0 aromatic carbocycles. The predicted molar refractivity (Wildman–Crippen MR) is 52.2 cm³/mol. The minimum Gasteiger partial charge on any atom is -0.396 e. The van der Waals surface area contributed by atoms with Gasteiger partial charge in [0, 0.05) is 6.61 Å². The maximum absolute atomic E-state index is 8.55. The van der Waals surface area contributed by atoms with Crippen LogP contribution in [-0.2, 0) is 0 Å². The lowest BCUT2D eigenvalue weighted by Gasteiger charge is -2.02. The van der Waals surface area contributed by atoms with Gasteiger partial charge in [0.2, 0.25) is 0 Å². The predicted octanol–water partition coefficient (Wildman–Crippen LogP) is 1.41. The lowest BCUT2D eigenvalue weighted by Crippen LogP contribution is -2.02. The van der Waals surface area contributed by atoms with Gasteiger partial charge in [-0.2, -0.15) is 0 Å². The van der Waals surface area contributed by atoms with Crippen molar-refractivity contribution in [3.63, 3.8) is 0 Å². The van der Waals surface area contributed by atoms with E-state index in [0.717, 1.165) is 32.1 Å². The van der Waals surface area contributed by atoms with Crippen molar-refractivity contribution >= 4 is 0 Å². The topological polar surface area (TPSA) is 60.7 Å².